The van der Waals surface area contributed by atoms with Crippen LogP contribution >= 0.6 is 0 Å². The van der Waals surface area contributed by atoms with Crippen LogP contribution in [0.1, 0.15) is 55.6 Å². The maximum absolute atomic E-state index is 12.9. The summed E-state index contributed by atoms with van der Waals surface area (Å²) in [6, 6.07) is 15.4. The largest absolute Gasteiger partial charge is 0.342 e. The van der Waals surface area contributed by atoms with E-state index in [1.165, 1.54) is 0 Å². The number of carbonyl (C=O) groups is 3. The maximum atomic E-state index is 12.9. The third kappa shape index (κ3) is 4.85. The monoisotopic (exact) mass is 459 g/mol. The molecule has 4 rings (SSSR count). The molecule has 176 valence electrons. The number of carbonyl (C=O) groups excluding carboxylic acids is 3. The SMILES string of the molecule is CC(C)c1ccc(N2C(=O)N[C@@H](CCC(=O)N[C@H](c3ccccc3)c3nccn3C)C2=O)cc1. The fourth-order valence-corrected chi connectivity index (χ4v) is 4.09. The molecule has 2 heterocycles. The van der Waals surface area contributed by atoms with E-state index in [4.69, 9.17) is 0 Å². The molecule has 2 N–H and O–H groups in total. The van der Waals surface area contributed by atoms with Gasteiger partial charge in [-0.05, 0) is 35.6 Å². The maximum Gasteiger partial charge on any atom is 0.329 e. The summed E-state index contributed by atoms with van der Waals surface area (Å²) in [6.07, 6.45) is 3.81. The van der Waals surface area contributed by atoms with Crippen LogP contribution in [0.3, 0.4) is 0 Å². The smallest absolute Gasteiger partial charge is 0.329 e. The Kier molecular flexibility index (Phi) is 6.77. The van der Waals surface area contributed by atoms with Gasteiger partial charge in [-0.3, -0.25) is 9.59 Å². The van der Waals surface area contributed by atoms with Crippen LogP contribution in [-0.2, 0) is 16.6 Å². The molecule has 1 saturated heterocycles. The van der Waals surface area contributed by atoms with E-state index in [2.05, 4.69) is 29.5 Å². The molecular formula is C26H29N5O3. The van der Waals surface area contributed by atoms with Crippen molar-refractivity contribution in [2.75, 3.05) is 4.90 Å². The fraction of sp³-hybridized carbons (Fsp3) is 0.308. The quantitative estimate of drug-likeness (QED) is 0.503. The summed E-state index contributed by atoms with van der Waals surface area (Å²) in [5.41, 5.74) is 2.56. The van der Waals surface area contributed by atoms with Crippen LogP contribution in [0.5, 0.6) is 0 Å². The van der Waals surface area contributed by atoms with Gasteiger partial charge in [0, 0.05) is 25.9 Å². The van der Waals surface area contributed by atoms with E-state index in [0.29, 0.717) is 17.4 Å². The van der Waals surface area contributed by atoms with Crippen LogP contribution in [-0.4, -0.2) is 33.4 Å². The summed E-state index contributed by atoms with van der Waals surface area (Å²) >= 11 is 0. The van der Waals surface area contributed by atoms with Crippen molar-refractivity contribution in [1.82, 2.24) is 20.2 Å². The van der Waals surface area contributed by atoms with Crippen LogP contribution in [0.25, 0.3) is 0 Å². The van der Waals surface area contributed by atoms with Crippen LogP contribution in [0, 0.1) is 0 Å². The molecule has 0 unspecified atom stereocenters. The number of nitrogens with zero attached hydrogens (tertiary/aromatic N) is 3. The highest BCUT2D eigenvalue weighted by Crippen LogP contribution is 2.25. The Bertz CT molecular complexity index is 1170. The second-order valence-corrected chi connectivity index (χ2v) is 8.77. The molecule has 0 radical (unpaired) electrons. The molecule has 1 aliphatic rings. The predicted octanol–water partition coefficient (Wildman–Crippen LogP) is 3.65. The Morgan fingerprint density at radius 3 is 2.38 bits per heavy atom. The fourth-order valence-electron chi connectivity index (χ4n) is 4.09. The first kappa shape index (κ1) is 23.2. The number of anilines is 1. The van der Waals surface area contributed by atoms with Crippen molar-refractivity contribution >= 4 is 23.5 Å². The van der Waals surface area contributed by atoms with Gasteiger partial charge in [0.25, 0.3) is 5.91 Å². The van der Waals surface area contributed by atoms with Crippen molar-refractivity contribution in [3.63, 3.8) is 0 Å². The number of amides is 4. The second-order valence-electron chi connectivity index (χ2n) is 8.77. The van der Waals surface area contributed by atoms with Crippen molar-refractivity contribution in [3.8, 4) is 0 Å². The molecule has 1 aromatic heterocycles. The van der Waals surface area contributed by atoms with E-state index >= 15 is 0 Å². The van der Waals surface area contributed by atoms with E-state index in [1.54, 1.807) is 18.3 Å². The molecule has 0 aliphatic carbocycles. The van der Waals surface area contributed by atoms with Gasteiger partial charge in [-0.25, -0.2) is 14.7 Å². The van der Waals surface area contributed by atoms with E-state index in [1.807, 2.05) is 60.3 Å². The third-order valence-electron chi connectivity index (χ3n) is 6.05. The molecule has 0 saturated carbocycles. The van der Waals surface area contributed by atoms with Gasteiger partial charge in [-0.1, -0.05) is 56.3 Å². The molecule has 3 aromatic rings. The molecule has 2 aromatic carbocycles. The first-order valence-electron chi connectivity index (χ1n) is 11.4. The van der Waals surface area contributed by atoms with Gasteiger partial charge in [0.05, 0.1) is 5.69 Å². The molecule has 8 heteroatoms. The number of imide groups is 1. The molecule has 1 aliphatic heterocycles. The highest BCUT2D eigenvalue weighted by atomic mass is 16.2. The van der Waals surface area contributed by atoms with Crippen molar-refractivity contribution < 1.29 is 14.4 Å². The third-order valence-corrected chi connectivity index (χ3v) is 6.05. The predicted molar refractivity (Wildman–Crippen MR) is 129 cm³/mol. The lowest BCUT2D eigenvalue weighted by atomic mass is 10.0. The number of benzene rings is 2. The van der Waals surface area contributed by atoms with Crippen molar-refractivity contribution in [3.05, 3.63) is 83.9 Å². The Labute approximate surface area is 199 Å². The molecule has 2 atom stereocenters. The van der Waals surface area contributed by atoms with Crippen LogP contribution in [0.4, 0.5) is 10.5 Å². The number of aromatic nitrogens is 2. The van der Waals surface area contributed by atoms with Gasteiger partial charge in [0.1, 0.15) is 17.9 Å². The van der Waals surface area contributed by atoms with Gasteiger partial charge < -0.3 is 15.2 Å². The Balaban J connectivity index is 1.41. The zero-order valence-electron chi connectivity index (χ0n) is 19.6. The van der Waals surface area contributed by atoms with Gasteiger partial charge in [0.2, 0.25) is 5.91 Å². The number of aryl methyl sites for hydroxylation is 1. The van der Waals surface area contributed by atoms with Crippen LogP contribution in [0.2, 0.25) is 0 Å². The first-order valence-corrected chi connectivity index (χ1v) is 11.4. The molecule has 1 fully saturated rings. The standard InChI is InChI=1S/C26H29N5O3/c1-17(2)18-9-11-20(12-10-18)31-25(33)21(28-26(31)34)13-14-22(32)29-23(19-7-5-4-6-8-19)24-27-15-16-30(24)3/h4-12,15-17,21,23H,13-14H2,1-3H3,(H,28,34)(H,29,32)/t21-,23+/m0/s1. The number of hydrogen-bond acceptors (Lipinski definition) is 4. The number of imidazole rings is 1. The minimum atomic E-state index is -0.744. The number of rotatable bonds is 8. The molecule has 0 spiro atoms. The molecule has 34 heavy (non-hydrogen) atoms. The summed E-state index contributed by atoms with van der Waals surface area (Å²) in [5.74, 6) is 0.493. The summed E-state index contributed by atoms with van der Waals surface area (Å²) < 4.78 is 1.86. The summed E-state index contributed by atoms with van der Waals surface area (Å²) in [4.78, 5) is 43.8. The van der Waals surface area contributed by atoms with E-state index in [0.717, 1.165) is 16.0 Å². The highest BCUT2D eigenvalue weighted by molar-refractivity contribution is 6.21. The Hall–Kier alpha value is -3.94. The lowest BCUT2D eigenvalue weighted by Crippen LogP contribution is -2.34. The summed E-state index contributed by atoms with van der Waals surface area (Å²) in [5, 5.41) is 5.73. The second kappa shape index (κ2) is 9.91. The Morgan fingerprint density at radius 2 is 1.76 bits per heavy atom. The van der Waals surface area contributed by atoms with Crippen molar-refractivity contribution in [2.24, 2.45) is 7.05 Å². The zero-order valence-corrected chi connectivity index (χ0v) is 19.6. The topological polar surface area (TPSA) is 96.3 Å². The van der Waals surface area contributed by atoms with Crippen molar-refractivity contribution in [2.45, 2.75) is 44.7 Å². The number of hydrogen-bond donors (Lipinski definition) is 2. The minimum Gasteiger partial charge on any atom is -0.342 e. The molecular weight excluding hydrogens is 430 g/mol. The number of nitrogens with one attached hydrogen (secondary N) is 2. The van der Waals surface area contributed by atoms with E-state index in [-0.39, 0.29) is 24.7 Å². The summed E-state index contributed by atoms with van der Waals surface area (Å²) in [6.45, 7) is 4.17. The van der Waals surface area contributed by atoms with E-state index in [9.17, 15) is 14.4 Å². The summed E-state index contributed by atoms with van der Waals surface area (Å²) in [7, 11) is 1.87. The number of urea groups is 1. The van der Waals surface area contributed by atoms with Gasteiger partial charge in [-0.2, -0.15) is 0 Å². The normalized spacial score (nSPS) is 16.6. The van der Waals surface area contributed by atoms with Gasteiger partial charge in [-0.15, -0.1) is 0 Å². The highest BCUT2D eigenvalue weighted by Gasteiger charge is 2.39. The van der Waals surface area contributed by atoms with Gasteiger partial charge >= 0.3 is 6.03 Å². The Morgan fingerprint density at radius 1 is 1.06 bits per heavy atom. The first-order chi connectivity index (χ1) is 16.3. The molecule has 8 nitrogen and oxygen atoms in total. The van der Waals surface area contributed by atoms with E-state index < -0.39 is 18.1 Å². The lowest BCUT2D eigenvalue weighted by Gasteiger charge is -2.19. The minimum absolute atomic E-state index is 0.0879. The van der Waals surface area contributed by atoms with Gasteiger partial charge in [0.15, 0.2) is 0 Å². The van der Waals surface area contributed by atoms with Crippen LogP contribution < -0.4 is 15.5 Å². The molecule has 4 amide bonds. The average molecular weight is 460 g/mol. The zero-order chi connectivity index (χ0) is 24.2. The van der Waals surface area contributed by atoms with Crippen LogP contribution in [0.15, 0.2) is 67.0 Å². The van der Waals surface area contributed by atoms with Crippen molar-refractivity contribution in [1.29, 1.82) is 0 Å². The average Bonchev–Trinajstić information content (AvgIpc) is 3.38. The lowest BCUT2D eigenvalue weighted by molar-refractivity contribution is -0.122. The molecule has 0 bridgehead atoms.